The molecule has 0 heterocycles. The summed E-state index contributed by atoms with van der Waals surface area (Å²) in [4.78, 5) is 11.8. The summed E-state index contributed by atoms with van der Waals surface area (Å²) in [6.07, 6.45) is 7.07. The number of carboxylic acids is 1. The third kappa shape index (κ3) is 6.24. The molecule has 1 aliphatic rings. The summed E-state index contributed by atoms with van der Waals surface area (Å²) in [6.45, 7) is 2.39. The Labute approximate surface area is 195 Å². The third-order valence-corrected chi connectivity index (χ3v) is 7.88. The summed E-state index contributed by atoms with van der Waals surface area (Å²) in [7, 11) is -3.93. The zero-order valence-corrected chi connectivity index (χ0v) is 19.9. The van der Waals surface area contributed by atoms with Crippen LogP contribution in [-0.2, 0) is 10.0 Å². The molecule has 0 amide bonds. The van der Waals surface area contributed by atoms with Crippen LogP contribution < -0.4 is 10.0 Å². The van der Waals surface area contributed by atoms with E-state index in [4.69, 9.17) is 11.6 Å². The minimum absolute atomic E-state index is 0.00282. The van der Waals surface area contributed by atoms with Crippen LogP contribution in [0.3, 0.4) is 0 Å². The van der Waals surface area contributed by atoms with E-state index >= 15 is 0 Å². The highest BCUT2D eigenvalue weighted by molar-refractivity contribution is 7.89. The average molecular weight is 479 g/mol. The molecule has 0 saturated heterocycles. The van der Waals surface area contributed by atoms with Gasteiger partial charge in [-0.25, -0.2) is 17.9 Å². The molecule has 0 radical (unpaired) electrons. The van der Waals surface area contributed by atoms with Crippen LogP contribution in [0.15, 0.2) is 47.4 Å². The van der Waals surface area contributed by atoms with Crippen molar-refractivity contribution in [1.29, 1.82) is 0 Å². The van der Waals surface area contributed by atoms with Crippen LogP contribution in [0.2, 0.25) is 5.02 Å². The summed E-state index contributed by atoms with van der Waals surface area (Å²) in [5.74, 6) is -0.908. The first-order chi connectivity index (χ1) is 15.3. The number of anilines is 1. The van der Waals surface area contributed by atoms with Crippen molar-refractivity contribution in [3.8, 4) is 0 Å². The van der Waals surface area contributed by atoms with Crippen LogP contribution >= 0.6 is 11.6 Å². The SMILES string of the molecule is CCCC(Nc1cc(Cl)c(S(=O)(=O)NCC2CCCCC2)cc1C(=O)O)c1ccccc1. The Hall–Kier alpha value is -2.09. The van der Waals surface area contributed by atoms with Gasteiger partial charge in [0.1, 0.15) is 4.90 Å². The molecule has 2 aromatic rings. The lowest BCUT2D eigenvalue weighted by atomic mass is 9.90. The highest BCUT2D eigenvalue weighted by Crippen LogP contribution is 2.33. The molecule has 0 aliphatic heterocycles. The number of carboxylic acid groups (broad SMARTS) is 1. The second-order valence-corrected chi connectivity index (χ2v) is 10.5. The summed E-state index contributed by atoms with van der Waals surface area (Å²) in [6, 6.07) is 12.2. The number of benzene rings is 2. The quantitative estimate of drug-likeness (QED) is 0.398. The Morgan fingerprint density at radius 3 is 2.47 bits per heavy atom. The van der Waals surface area contributed by atoms with Crippen molar-refractivity contribution >= 4 is 33.3 Å². The summed E-state index contributed by atoms with van der Waals surface area (Å²) < 4.78 is 28.5. The fourth-order valence-corrected chi connectivity index (χ4v) is 5.90. The van der Waals surface area contributed by atoms with Crippen molar-refractivity contribution in [3.05, 3.63) is 58.6 Å². The number of sulfonamides is 1. The molecule has 1 unspecified atom stereocenters. The molecule has 1 saturated carbocycles. The molecule has 0 spiro atoms. The first-order valence-electron chi connectivity index (χ1n) is 11.2. The second-order valence-electron chi connectivity index (χ2n) is 8.39. The minimum atomic E-state index is -3.93. The largest absolute Gasteiger partial charge is 0.478 e. The lowest BCUT2D eigenvalue weighted by Gasteiger charge is -2.23. The van der Waals surface area contributed by atoms with E-state index in [2.05, 4.69) is 17.0 Å². The maximum absolute atomic E-state index is 12.9. The maximum atomic E-state index is 12.9. The van der Waals surface area contributed by atoms with Gasteiger partial charge in [-0.2, -0.15) is 0 Å². The molecular weight excluding hydrogens is 448 g/mol. The number of halogens is 1. The molecule has 1 atom stereocenters. The van der Waals surface area contributed by atoms with Crippen molar-refractivity contribution in [2.24, 2.45) is 5.92 Å². The minimum Gasteiger partial charge on any atom is -0.478 e. The zero-order valence-electron chi connectivity index (χ0n) is 18.3. The molecule has 0 aromatic heterocycles. The van der Waals surface area contributed by atoms with Crippen molar-refractivity contribution in [3.63, 3.8) is 0 Å². The number of hydrogen-bond acceptors (Lipinski definition) is 4. The Bertz CT molecular complexity index is 1020. The van der Waals surface area contributed by atoms with Gasteiger partial charge in [-0.05, 0) is 42.9 Å². The van der Waals surface area contributed by atoms with Crippen LogP contribution in [0.5, 0.6) is 0 Å². The van der Waals surface area contributed by atoms with Gasteiger partial charge in [0, 0.05) is 6.54 Å². The molecule has 0 bridgehead atoms. The van der Waals surface area contributed by atoms with Gasteiger partial charge in [0.05, 0.1) is 22.3 Å². The fraction of sp³-hybridized carbons (Fsp3) is 0.458. The number of hydrogen-bond donors (Lipinski definition) is 3. The van der Waals surface area contributed by atoms with Gasteiger partial charge >= 0.3 is 5.97 Å². The molecule has 1 aliphatic carbocycles. The van der Waals surface area contributed by atoms with E-state index in [1.54, 1.807) is 0 Å². The number of carbonyl (C=O) groups is 1. The number of rotatable bonds is 10. The fourth-order valence-electron chi connectivity index (χ4n) is 4.24. The lowest BCUT2D eigenvalue weighted by molar-refractivity contribution is 0.0697. The van der Waals surface area contributed by atoms with Crippen LogP contribution in [0.1, 0.15) is 73.8 Å². The maximum Gasteiger partial charge on any atom is 0.337 e. The van der Waals surface area contributed by atoms with Crippen molar-refractivity contribution in [2.75, 3.05) is 11.9 Å². The van der Waals surface area contributed by atoms with Gasteiger partial charge in [-0.15, -0.1) is 0 Å². The van der Waals surface area contributed by atoms with Gasteiger partial charge < -0.3 is 10.4 Å². The number of aromatic carboxylic acids is 1. The first-order valence-corrected chi connectivity index (χ1v) is 13.1. The molecular formula is C24H31ClN2O4S. The molecule has 32 heavy (non-hydrogen) atoms. The van der Waals surface area contributed by atoms with E-state index in [1.165, 1.54) is 12.5 Å². The smallest absolute Gasteiger partial charge is 0.337 e. The standard InChI is InChI=1S/C24H31ClN2O4S/c1-2-9-21(18-12-7-4-8-13-18)27-22-15-20(25)23(14-19(22)24(28)29)32(30,31)26-16-17-10-5-3-6-11-17/h4,7-8,12-15,17,21,26-27H,2-3,5-6,9-11,16H2,1H3,(H,28,29). The van der Waals surface area contributed by atoms with E-state index < -0.39 is 16.0 Å². The molecule has 8 heteroatoms. The Morgan fingerprint density at radius 2 is 1.84 bits per heavy atom. The van der Waals surface area contributed by atoms with E-state index in [1.807, 2.05) is 30.3 Å². The number of nitrogens with one attached hydrogen (secondary N) is 2. The van der Waals surface area contributed by atoms with Gasteiger partial charge in [-0.1, -0.05) is 74.5 Å². The molecule has 1 fully saturated rings. The molecule has 6 nitrogen and oxygen atoms in total. The Kier molecular flexibility index (Phi) is 8.57. The van der Waals surface area contributed by atoms with Gasteiger partial charge in [0.15, 0.2) is 0 Å². The summed E-state index contributed by atoms with van der Waals surface area (Å²) in [5, 5.41) is 13.1. The first kappa shape index (κ1) is 24.6. The Morgan fingerprint density at radius 1 is 1.16 bits per heavy atom. The van der Waals surface area contributed by atoms with Crippen LogP contribution in [0.25, 0.3) is 0 Å². The van der Waals surface area contributed by atoms with Crippen molar-refractivity contribution in [2.45, 2.75) is 62.8 Å². The van der Waals surface area contributed by atoms with E-state index in [9.17, 15) is 18.3 Å². The monoisotopic (exact) mass is 478 g/mol. The normalized spacial score (nSPS) is 15.9. The predicted molar refractivity (Wildman–Crippen MR) is 128 cm³/mol. The third-order valence-electron chi connectivity index (χ3n) is 5.99. The predicted octanol–water partition coefficient (Wildman–Crippen LogP) is 5.85. The molecule has 3 N–H and O–H groups in total. The highest BCUT2D eigenvalue weighted by Gasteiger charge is 2.25. The lowest BCUT2D eigenvalue weighted by Crippen LogP contribution is -2.30. The molecule has 2 aromatic carbocycles. The summed E-state index contributed by atoms with van der Waals surface area (Å²) in [5.41, 5.74) is 1.20. The van der Waals surface area contributed by atoms with Crippen LogP contribution in [0.4, 0.5) is 5.69 Å². The van der Waals surface area contributed by atoms with E-state index in [0.29, 0.717) is 18.2 Å². The zero-order chi connectivity index (χ0) is 23.1. The highest BCUT2D eigenvalue weighted by atomic mass is 35.5. The summed E-state index contributed by atoms with van der Waals surface area (Å²) >= 11 is 6.37. The van der Waals surface area contributed by atoms with Gasteiger partial charge in [0.2, 0.25) is 10.0 Å². The average Bonchev–Trinajstić information content (AvgIpc) is 2.78. The topological polar surface area (TPSA) is 95.5 Å². The van der Waals surface area contributed by atoms with Crippen LogP contribution in [-0.4, -0.2) is 26.0 Å². The van der Waals surface area contributed by atoms with Crippen LogP contribution in [0, 0.1) is 5.92 Å². The van der Waals surface area contributed by atoms with Gasteiger partial charge in [0.25, 0.3) is 0 Å². The van der Waals surface area contributed by atoms with E-state index in [-0.39, 0.29) is 21.5 Å². The van der Waals surface area contributed by atoms with Crippen molar-refractivity contribution < 1.29 is 18.3 Å². The Balaban J connectivity index is 1.87. The van der Waals surface area contributed by atoms with Gasteiger partial charge in [-0.3, -0.25) is 0 Å². The van der Waals surface area contributed by atoms with E-state index in [0.717, 1.165) is 50.2 Å². The second kappa shape index (κ2) is 11.2. The molecule has 174 valence electrons. The molecule has 3 rings (SSSR count). The van der Waals surface area contributed by atoms with Crippen molar-refractivity contribution in [1.82, 2.24) is 4.72 Å².